The van der Waals surface area contributed by atoms with Crippen molar-refractivity contribution in [1.82, 2.24) is 5.32 Å². The highest BCUT2D eigenvalue weighted by Gasteiger charge is 2.32. The van der Waals surface area contributed by atoms with Crippen LogP contribution in [-0.4, -0.2) is 57.9 Å². The van der Waals surface area contributed by atoms with E-state index in [1.54, 1.807) is 0 Å². The highest BCUT2D eigenvalue weighted by molar-refractivity contribution is 5.85. The normalized spacial score (nSPS) is 43.0. The predicted molar refractivity (Wildman–Crippen MR) is 44.1 cm³/mol. The molecule has 1 aliphatic rings. The van der Waals surface area contributed by atoms with Crippen LogP contribution in [0.25, 0.3) is 0 Å². The third kappa shape index (κ3) is 2.55. The molecule has 0 aliphatic carbocycles. The standard InChI is InChI=1S/C6H13NO4.ClH/c8-3-1-7-2-4(9)6(11)5(3)10;/h3-11H,1-2H2;1H. The maximum Gasteiger partial charge on any atom is 0.110 e. The summed E-state index contributed by atoms with van der Waals surface area (Å²) in [6, 6.07) is 0. The Labute approximate surface area is 76.4 Å². The molecule has 1 aliphatic heterocycles. The second-order valence-corrected chi connectivity index (χ2v) is 2.77. The molecule has 0 bridgehead atoms. The summed E-state index contributed by atoms with van der Waals surface area (Å²) >= 11 is 0. The zero-order valence-corrected chi connectivity index (χ0v) is 7.24. The van der Waals surface area contributed by atoms with E-state index < -0.39 is 24.4 Å². The van der Waals surface area contributed by atoms with Crippen molar-refractivity contribution in [2.24, 2.45) is 0 Å². The first-order valence-electron chi connectivity index (χ1n) is 3.56. The van der Waals surface area contributed by atoms with Gasteiger partial charge in [0.25, 0.3) is 0 Å². The van der Waals surface area contributed by atoms with Crippen molar-refractivity contribution in [2.75, 3.05) is 13.1 Å². The topological polar surface area (TPSA) is 93.0 Å². The Balaban J connectivity index is 0.00000121. The Hall–Kier alpha value is 0.0900. The average Bonchev–Trinajstić information content (AvgIpc) is 2.07. The second kappa shape index (κ2) is 4.96. The highest BCUT2D eigenvalue weighted by atomic mass is 35.5. The van der Waals surface area contributed by atoms with E-state index in [0.717, 1.165) is 0 Å². The van der Waals surface area contributed by atoms with Crippen LogP contribution in [0.15, 0.2) is 0 Å². The summed E-state index contributed by atoms with van der Waals surface area (Å²) in [5, 5.41) is 39.0. The zero-order chi connectivity index (χ0) is 8.43. The van der Waals surface area contributed by atoms with Gasteiger partial charge in [-0.2, -0.15) is 0 Å². The lowest BCUT2D eigenvalue weighted by Gasteiger charge is -2.21. The molecular weight excluding hydrogens is 186 g/mol. The van der Waals surface area contributed by atoms with Gasteiger partial charge >= 0.3 is 0 Å². The van der Waals surface area contributed by atoms with Crippen molar-refractivity contribution in [1.29, 1.82) is 0 Å². The number of hydrogen-bond donors (Lipinski definition) is 5. The molecule has 0 aromatic heterocycles. The first-order chi connectivity index (χ1) is 5.13. The lowest BCUT2D eigenvalue weighted by molar-refractivity contribution is -0.0894. The number of hydrogen-bond acceptors (Lipinski definition) is 5. The number of rotatable bonds is 0. The van der Waals surface area contributed by atoms with Gasteiger partial charge < -0.3 is 25.7 Å². The molecule has 4 unspecified atom stereocenters. The van der Waals surface area contributed by atoms with Crippen LogP contribution >= 0.6 is 12.4 Å². The van der Waals surface area contributed by atoms with Crippen LogP contribution in [0.2, 0.25) is 0 Å². The van der Waals surface area contributed by atoms with E-state index in [9.17, 15) is 0 Å². The summed E-state index contributed by atoms with van der Waals surface area (Å²) in [5.74, 6) is 0. The van der Waals surface area contributed by atoms with Gasteiger partial charge in [0, 0.05) is 13.1 Å². The molecule has 6 heteroatoms. The van der Waals surface area contributed by atoms with E-state index in [4.69, 9.17) is 20.4 Å². The molecule has 1 heterocycles. The van der Waals surface area contributed by atoms with Gasteiger partial charge in [-0.3, -0.25) is 0 Å². The minimum absolute atomic E-state index is 0. The van der Waals surface area contributed by atoms with Crippen molar-refractivity contribution >= 4 is 12.4 Å². The minimum Gasteiger partial charge on any atom is -0.389 e. The maximum absolute atomic E-state index is 9.10. The molecule has 12 heavy (non-hydrogen) atoms. The third-order valence-corrected chi connectivity index (χ3v) is 1.85. The van der Waals surface area contributed by atoms with Crippen LogP contribution in [0.4, 0.5) is 0 Å². The van der Waals surface area contributed by atoms with Crippen molar-refractivity contribution < 1.29 is 20.4 Å². The quantitative estimate of drug-likeness (QED) is 0.296. The van der Waals surface area contributed by atoms with Gasteiger partial charge in [0.2, 0.25) is 0 Å². The van der Waals surface area contributed by atoms with E-state index in [0.29, 0.717) is 0 Å². The highest BCUT2D eigenvalue weighted by Crippen LogP contribution is 2.07. The summed E-state index contributed by atoms with van der Waals surface area (Å²) in [7, 11) is 0. The van der Waals surface area contributed by atoms with Crippen molar-refractivity contribution in [2.45, 2.75) is 24.4 Å². The fourth-order valence-corrected chi connectivity index (χ4v) is 1.08. The monoisotopic (exact) mass is 199 g/mol. The van der Waals surface area contributed by atoms with E-state index in [2.05, 4.69) is 5.32 Å². The largest absolute Gasteiger partial charge is 0.389 e. The summed E-state index contributed by atoms with van der Waals surface area (Å²) in [5.41, 5.74) is 0. The smallest absolute Gasteiger partial charge is 0.110 e. The van der Waals surface area contributed by atoms with Gasteiger partial charge in [-0.05, 0) is 0 Å². The summed E-state index contributed by atoms with van der Waals surface area (Å²) < 4.78 is 0. The van der Waals surface area contributed by atoms with E-state index >= 15 is 0 Å². The zero-order valence-electron chi connectivity index (χ0n) is 6.42. The molecular formula is C6H14ClNO4. The first-order valence-corrected chi connectivity index (χ1v) is 3.56. The fourth-order valence-electron chi connectivity index (χ4n) is 1.08. The van der Waals surface area contributed by atoms with Gasteiger partial charge in [-0.25, -0.2) is 0 Å². The molecule has 0 spiro atoms. The maximum atomic E-state index is 9.10. The summed E-state index contributed by atoms with van der Waals surface area (Å²) in [6.07, 6.45) is -4.55. The Morgan fingerprint density at radius 1 is 0.833 bits per heavy atom. The average molecular weight is 200 g/mol. The van der Waals surface area contributed by atoms with Crippen LogP contribution in [0.1, 0.15) is 0 Å². The number of aliphatic hydroxyl groups excluding tert-OH is 4. The summed E-state index contributed by atoms with van der Waals surface area (Å²) in [4.78, 5) is 0. The van der Waals surface area contributed by atoms with Crippen molar-refractivity contribution in [3.05, 3.63) is 0 Å². The molecule has 1 saturated heterocycles. The van der Waals surface area contributed by atoms with E-state index in [-0.39, 0.29) is 25.5 Å². The minimum atomic E-state index is -1.26. The van der Waals surface area contributed by atoms with Gasteiger partial charge in [-0.15, -0.1) is 12.4 Å². The SMILES string of the molecule is Cl.OC1CNCC(O)C(O)C1O. The Bertz CT molecular complexity index is 123. The van der Waals surface area contributed by atoms with Crippen LogP contribution in [0, 0.1) is 0 Å². The third-order valence-electron chi connectivity index (χ3n) is 1.85. The van der Waals surface area contributed by atoms with Gasteiger partial charge in [0.1, 0.15) is 12.2 Å². The molecule has 0 aromatic rings. The molecule has 0 amide bonds. The molecule has 0 aromatic carbocycles. The van der Waals surface area contributed by atoms with Gasteiger partial charge in [-0.1, -0.05) is 0 Å². The number of nitrogens with one attached hydrogen (secondary N) is 1. The molecule has 5 nitrogen and oxygen atoms in total. The second-order valence-electron chi connectivity index (χ2n) is 2.77. The van der Waals surface area contributed by atoms with Gasteiger partial charge in [0.15, 0.2) is 0 Å². The van der Waals surface area contributed by atoms with Crippen LogP contribution in [0.3, 0.4) is 0 Å². The Morgan fingerprint density at radius 2 is 1.17 bits per heavy atom. The molecule has 0 saturated carbocycles. The molecule has 1 fully saturated rings. The van der Waals surface area contributed by atoms with Crippen molar-refractivity contribution in [3.63, 3.8) is 0 Å². The first kappa shape index (κ1) is 12.1. The fraction of sp³-hybridized carbons (Fsp3) is 1.00. The molecule has 0 radical (unpaired) electrons. The van der Waals surface area contributed by atoms with Crippen LogP contribution < -0.4 is 5.32 Å². The number of halogens is 1. The Kier molecular flexibility index (Phi) is 5.00. The Morgan fingerprint density at radius 3 is 1.50 bits per heavy atom. The predicted octanol–water partition coefficient (Wildman–Crippen LogP) is -2.54. The van der Waals surface area contributed by atoms with Crippen molar-refractivity contribution in [3.8, 4) is 0 Å². The van der Waals surface area contributed by atoms with Gasteiger partial charge in [0.05, 0.1) is 12.2 Å². The molecule has 4 atom stereocenters. The lowest BCUT2D eigenvalue weighted by Crippen LogP contribution is -2.43. The lowest BCUT2D eigenvalue weighted by atomic mass is 10.1. The molecule has 1 rings (SSSR count). The number of β-amino-alcohol motifs (C(OH)–C–C–N with tert-alkyl or cyclic N) is 2. The van der Waals surface area contributed by atoms with Crippen LogP contribution in [-0.2, 0) is 0 Å². The molecule has 5 N–H and O–H groups in total. The van der Waals surface area contributed by atoms with Crippen LogP contribution in [0.5, 0.6) is 0 Å². The van der Waals surface area contributed by atoms with E-state index in [1.165, 1.54) is 0 Å². The molecule has 74 valence electrons. The van der Waals surface area contributed by atoms with E-state index in [1.807, 2.05) is 0 Å². The number of aliphatic hydroxyl groups is 4. The summed E-state index contributed by atoms with van der Waals surface area (Å²) in [6.45, 7) is 0.380.